The molecular formula is C24H26Cl2N2O5. The number of ether oxygens (including phenoxy) is 2. The molecule has 0 saturated carbocycles. The van der Waals surface area contributed by atoms with E-state index in [1.807, 2.05) is 18.2 Å². The number of rotatable bonds is 10. The Kier molecular flexibility index (Phi) is 8.47. The van der Waals surface area contributed by atoms with Crippen LogP contribution in [0.15, 0.2) is 47.7 Å². The molecule has 176 valence electrons. The minimum absolute atomic E-state index is 0.0661. The van der Waals surface area contributed by atoms with E-state index in [4.69, 9.17) is 32.7 Å². The van der Waals surface area contributed by atoms with Gasteiger partial charge in [0.25, 0.3) is 11.8 Å². The molecule has 0 unspecified atom stereocenters. The Morgan fingerprint density at radius 1 is 1.03 bits per heavy atom. The molecule has 0 aliphatic carbocycles. The first kappa shape index (κ1) is 24.7. The zero-order chi connectivity index (χ0) is 24.0. The molecule has 0 bridgehead atoms. The number of hydrogen-bond acceptors (Lipinski definition) is 5. The average molecular weight is 493 g/mol. The molecule has 2 aromatic carbocycles. The fourth-order valence-corrected chi connectivity index (χ4v) is 3.89. The van der Waals surface area contributed by atoms with Crippen LogP contribution in [-0.4, -0.2) is 55.7 Å². The molecular weight excluding hydrogens is 467 g/mol. The second kappa shape index (κ2) is 11.3. The van der Waals surface area contributed by atoms with Crippen molar-refractivity contribution in [1.29, 1.82) is 0 Å². The molecule has 1 aliphatic heterocycles. The van der Waals surface area contributed by atoms with Crippen molar-refractivity contribution < 1.29 is 24.2 Å². The highest BCUT2D eigenvalue weighted by molar-refractivity contribution is 6.42. The van der Waals surface area contributed by atoms with Crippen LogP contribution in [0.4, 0.5) is 0 Å². The van der Waals surface area contributed by atoms with E-state index in [1.165, 1.54) is 4.90 Å². The molecule has 0 atom stereocenters. The van der Waals surface area contributed by atoms with E-state index in [2.05, 4.69) is 5.32 Å². The third-order valence-electron chi connectivity index (χ3n) is 5.43. The summed E-state index contributed by atoms with van der Waals surface area (Å²) < 4.78 is 10.5. The lowest BCUT2D eigenvalue weighted by atomic mass is 10.1. The third kappa shape index (κ3) is 6.12. The highest BCUT2D eigenvalue weighted by Gasteiger charge is 2.33. The molecule has 0 aromatic heterocycles. The largest absolute Gasteiger partial charge is 0.503 e. The molecule has 1 aliphatic rings. The maximum Gasteiger partial charge on any atom is 0.289 e. The van der Waals surface area contributed by atoms with E-state index < -0.39 is 17.6 Å². The van der Waals surface area contributed by atoms with Crippen molar-refractivity contribution in [2.75, 3.05) is 33.9 Å². The second-order valence-corrected chi connectivity index (χ2v) is 8.42. The Bertz CT molecular complexity index is 1070. The molecule has 0 spiro atoms. The summed E-state index contributed by atoms with van der Waals surface area (Å²) in [5.74, 6) is -0.259. The highest BCUT2D eigenvalue weighted by atomic mass is 35.5. The van der Waals surface area contributed by atoms with Gasteiger partial charge in [0.2, 0.25) is 0 Å². The van der Waals surface area contributed by atoms with Gasteiger partial charge in [0.1, 0.15) is 0 Å². The lowest BCUT2D eigenvalue weighted by Gasteiger charge is -2.17. The van der Waals surface area contributed by atoms with Crippen LogP contribution in [0.3, 0.4) is 0 Å². The maximum atomic E-state index is 12.5. The zero-order valence-electron chi connectivity index (χ0n) is 18.5. The van der Waals surface area contributed by atoms with Crippen molar-refractivity contribution in [1.82, 2.24) is 10.2 Å². The van der Waals surface area contributed by atoms with Crippen LogP contribution in [0.1, 0.15) is 17.5 Å². The predicted molar refractivity (Wildman–Crippen MR) is 127 cm³/mol. The summed E-state index contributed by atoms with van der Waals surface area (Å²) >= 11 is 11.9. The lowest BCUT2D eigenvalue weighted by molar-refractivity contribution is -0.127. The Morgan fingerprint density at radius 2 is 1.73 bits per heavy atom. The number of aliphatic hydroxyl groups excluding tert-OH is 1. The first-order valence-corrected chi connectivity index (χ1v) is 11.2. The van der Waals surface area contributed by atoms with Crippen LogP contribution in [0, 0.1) is 0 Å². The zero-order valence-corrected chi connectivity index (χ0v) is 20.0. The smallest absolute Gasteiger partial charge is 0.289 e. The number of aliphatic hydroxyl groups is 1. The van der Waals surface area contributed by atoms with Gasteiger partial charge in [-0.3, -0.25) is 9.59 Å². The van der Waals surface area contributed by atoms with Gasteiger partial charge >= 0.3 is 0 Å². The number of benzene rings is 2. The van der Waals surface area contributed by atoms with Crippen molar-refractivity contribution in [2.24, 2.45) is 0 Å². The van der Waals surface area contributed by atoms with Gasteiger partial charge in [-0.1, -0.05) is 35.3 Å². The van der Waals surface area contributed by atoms with Gasteiger partial charge in [-0.25, -0.2) is 0 Å². The topological polar surface area (TPSA) is 88.1 Å². The van der Waals surface area contributed by atoms with Crippen LogP contribution in [0.25, 0.3) is 0 Å². The van der Waals surface area contributed by atoms with Crippen molar-refractivity contribution in [3.8, 4) is 11.5 Å². The van der Waals surface area contributed by atoms with Gasteiger partial charge in [0.15, 0.2) is 17.3 Å². The molecule has 7 nitrogen and oxygen atoms in total. The molecule has 9 heteroatoms. The van der Waals surface area contributed by atoms with Gasteiger partial charge in [-0.15, -0.1) is 0 Å². The molecule has 3 rings (SSSR count). The number of carbonyl (C=O) groups excluding carboxylic acids is 2. The van der Waals surface area contributed by atoms with Crippen LogP contribution >= 0.6 is 23.2 Å². The number of aryl methyl sites for hydroxylation is 1. The Balaban J connectivity index is 1.49. The number of hydrogen-bond donors (Lipinski definition) is 2. The van der Waals surface area contributed by atoms with E-state index in [0.29, 0.717) is 53.9 Å². The summed E-state index contributed by atoms with van der Waals surface area (Å²) in [6.07, 6.45) is 1.92. The molecule has 2 aromatic rings. The van der Waals surface area contributed by atoms with Gasteiger partial charge in [-0.2, -0.15) is 0 Å². The predicted octanol–water partition coefficient (Wildman–Crippen LogP) is 3.96. The molecule has 33 heavy (non-hydrogen) atoms. The molecule has 0 fully saturated rings. The van der Waals surface area contributed by atoms with Gasteiger partial charge < -0.3 is 24.8 Å². The number of methoxy groups -OCH3 is 2. The second-order valence-electron chi connectivity index (χ2n) is 7.60. The molecule has 0 radical (unpaired) electrons. The molecule has 2 amide bonds. The van der Waals surface area contributed by atoms with E-state index in [0.717, 1.165) is 11.1 Å². The quantitative estimate of drug-likeness (QED) is 0.490. The number of nitrogens with one attached hydrogen (secondary N) is 1. The van der Waals surface area contributed by atoms with E-state index in [-0.39, 0.29) is 12.1 Å². The standard InChI is InChI=1S/C24H26Cl2N2O5/c1-32-20-8-6-16(13-21(20)33-2)9-11-28-14-17(22(29)24(28)31)23(30)27-10-3-4-15-5-7-18(25)19(26)12-15/h5-8,12-13,29H,3-4,9-11,14H2,1-2H3,(H,27,30). The summed E-state index contributed by atoms with van der Waals surface area (Å²) in [5, 5.41) is 14.0. The summed E-state index contributed by atoms with van der Waals surface area (Å²) in [4.78, 5) is 26.4. The normalized spacial score (nSPS) is 13.5. The first-order chi connectivity index (χ1) is 15.8. The highest BCUT2D eigenvalue weighted by Crippen LogP contribution is 2.28. The summed E-state index contributed by atoms with van der Waals surface area (Å²) in [7, 11) is 3.12. The fourth-order valence-electron chi connectivity index (χ4n) is 3.57. The molecule has 1 heterocycles. The first-order valence-electron chi connectivity index (χ1n) is 10.5. The van der Waals surface area contributed by atoms with E-state index in [1.54, 1.807) is 32.4 Å². The lowest BCUT2D eigenvalue weighted by Crippen LogP contribution is -2.32. The molecule has 0 saturated heterocycles. The van der Waals surface area contributed by atoms with Crippen molar-refractivity contribution in [3.05, 3.63) is 68.9 Å². The van der Waals surface area contributed by atoms with Gasteiger partial charge in [-0.05, 0) is 54.7 Å². The van der Waals surface area contributed by atoms with Crippen molar-refractivity contribution >= 4 is 35.0 Å². The number of nitrogens with zero attached hydrogens (tertiary/aromatic N) is 1. The number of halogens is 2. The molecule has 2 N–H and O–H groups in total. The van der Waals surface area contributed by atoms with Crippen molar-refractivity contribution in [2.45, 2.75) is 19.3 Å². The van der Waals surface area contributed by atoms with E-state index >= 15 is 0 Å². The van der Waals surface area contributed by atoms with Gasteiger partial charge in [0.05, 0.1) is 36.4 Å². The van der Waals surface area contributed by atoms with E-state index in [9.17, 15) is 14.7 Å². The summed E-state index contributed by atoms with van der Waals surface area (Å²) in [5.41, 5.74) is 2.04. The Morgan fingerprint density at radius 3 is 2.42 bits per heavy atom. The average Bonchev–Trinajstić information content (AvgIpc) is 3.11. The Labute approximate surface area is 202 Å². The summed E-state index contributed by atoms with van der Waals surface area (Å²) in [6, 6.07) is 10.9. The number of carbonyl (C=O) groups is 2. The fraction of sp³-hybridized carbons (Fsp3) is 0.333. The van der Waals surface area contributed by atoms with Crippen LogP contribution < -0.4 is 14.8 Å². The van der Waals surface area contributed by atoms with Crippen LogP contribution in [0.2, 0.25) is 10.0 Å². The minimum atomic E-state index is -0.545. The van der Waals surface area contributed by atoms with Crippen LogP contribution in [0.5, 0.6) is 11.5 Å². The monoisotopic (exact) mass is 492 g/mol. The maximum absolute atomic E-state index is 12.5. The Hall–Kier alpha value is -2.90. The number of amides is 2. The summed E-state index contributed by atoms with van der Waals surface area (Å²) in [6.45, 7) is 0.818. The van der Waals surface area contributed by atoms with Gasteiger partial charge in [0, 0.05) is 13.1 Å². The van der Waals surface area contributed by atoms with Crippen molar-refractivity contribution in [3.63, 3.8) is 0 Å². The third-order valence-corrected chi connectivity index (χ3v) is 6.17. The van der Waals surface area contributed by atoms with Crippen LogP contribution in [-0.2, 0) is 22.4 Å². The minimum Gasteiger partial charge on any atom is -0.503 e. The SMILES string of the molecule is COc1ccc(CCN2CC(C(=O)NCCCc3ccc(Cl)c(Cl)c3)=C(O)C2=O)cc1OC.